The molecule has 12 heteroatoms. The first-order valence-electron chi connectivity index (χ1n) is 8.61. The second kappa shape index (κ2) is 11.5. The fraction of sp³-hybridized carbons (Fsp3) is 0.588. The standard InChI is InChI=1S/C17H28NO10P/c1-18(2,3)8-9-26-29(21,22)27-12-14(28-20)11-25-17(19)13-6-7-15(23-4)16(10-13)24-5/h6-7,10,14H,8-9,11-12H2,1-5H3,(H-,20,21,22)/t14-/m1/s1. The van der Waals surface area contributed by atoms with Crippen LogP contribution in [-0.4, -0.2) is 83.5 Å². The minimum atomic E-state index is -4.59. The van der Waals surface area contributed by atoms with Gasteiger partial charge in [-0.1, -0.05) is 0 Å². The Labute approximate surface area is 169 Å². The fourth-order valence-corrected chi connectivity index (χ4v) is 2.69. The minimum absolute atomic E-state index is 0.0663. The van der Waals surface area contributed by atoms with Crippen LogP contribution < -0.4 is 14.4 Å². The first-order chi connectivity index (χ1) is 13.5. The molecule has 0 fully saturated rings. The van der Waals surface area contributed by atoms with Crippen LogP contribution in [-0.2, 0) is 23.2 Å². The Morgan fingerprint density at radius 1 is 1.14 bits per heavy atom. The molecule has 0 aliphatic carbocycles. The molecule has 0 aromatic heterocycles. The average Bonchev–Trinajstić information content (AvgIpc) is 2.66. The van der Waals surface area contributed by atoms with Gasteiger partial charge in [0, 0.05) is 0 Å². The van der Waals surface area contributed by atoms with Gasteiger partial charge in [0.2, 0.25) is 0 Å². The fourth-order valence-electron chi connectivity index (χ4n) is 1.96. The third-order valence-corrected chi connectivity index (χ3v) is 4.56. The average molecular weight is 437 g/mol. The van der Waals surface area contributed by atoms with Crippen molar-refractivity contribution < 1.29 is 52.1 Å². The molecule has 0 amide bonds. The number of benzene rings is 1. The quantitative estimate of drug-likeness (QED) is 0.156. The molecule has 166 valence electrons. The Hall–Kier alpha value is -1.72. The number of methoxy groups -OCH3 is 2. The zero-order valence-electron chi connectivity index (χ0n) is 17.2. The number of phosphoric ester groups is 1. The number of quaternary nitrogens is 1. The Kier molecular flexibility index (Phi) is 10.0. The number of likely N-dealkylation sites (N-methyl/N-ethyl adjacent to an activating group) is 1. The van der Waals surface area contributed by atoms with Crippen molar-refractivity contribution in [2.75, 3.05) is 61.7 Å². The lowest BCUT2D eigenvalue weighted by Gasteiger charge is -2.27. The topological polar surface area (TPSA) is 133 Å². The van der Waals surface area contributed by atoms with Crippen LogP contribution in [0.2, 0.25) is 0 Å². The van der Waals surface area contributed by atoms with Crippen LogP contribution in [0.1, 0.15) is 10.4 Å². The molecule has 0 heterocycles. The third-order valence-electron chi connectivity index (χ3n) is 3.60. The number of phosphoric acid groups is 1. The van der Waals surface area contributed by atoms with Crippen LogP contribution in [0.25, 0.3) is 0 Å². The van der Waals surface area contributed by atoms with Crippen LogP contribution in [0.15, 0.2) is 18.2 Å². The predicted molar refractivity (Wildman–Crippen MR) is 99.7 cm³/mol. The smallest absolute Gasteiger partial charge is 0.338 e. The maximum absolute atomic E-state index is 12.1. The van der Waals surface area contributed by atoms with Gasteiger partial charge in [0.05, 0.1) is 47.5 Å². The van der Waals surface area contributed by atoms with E-state index in [4.69, 9.17) is 24.0 Å². The van der Waals surface area contributed by atoms with Gasteiger partial charge in [0.25, 0.3) is 7.82 Å². The monoisotopic (exact) mass is 437 g/mol. The lowest BCUT2D eigenvalue weighted by molar-refractivity contribution is -0.870. The molecule has 1 unspecified atom stereocenters. The first kappa shape index (κ1) is 25.3. The second-order valence-corrected chi connectivity index (χ2v) is 8.40. The highest BCUT2D eigenvalue weighted by atomic mass is 31.2. The number of rotatable bonds is 13. The van der Waals surface area contributed by atoms with Crippen molar-refractivity contribution in [2.45, 2.75) is 6.10 Å². The summed E-state index contributed by atoms with van der Waals surface area (Å²) in [5.74, 6) is 0.0292. The van der Waals surface area contributed by atoms with Gasteiger partial charge in [0.1, 0.15) is 19.8 Å². The molecule has 1 aromatic carbocycles. The van der Waals surface area contributed by atoms with Crippen LogP contribution in [0, 0.1) is 0 Å². The van der Waals surface area contributed by atoms with Crippen molar-refractivity contribution in [1.29, 1.82) is 0 Å². The van der Waals surface area contributed by atoms with Crippen LogP contribution in [0.3, 0.4) is 0 Å². The molecule has 1 N–H and O–H groups in total. The molecule has 0 saturated carbocycles. The Morgan fingerprint density at radius 3 is 2.34 bits per heavy atom. The minimum Gasteiger partial charge on any atom is -0.756 e. The molecule has 0 saturated heterocycles. The normalized spacial score (nSPS) is 14.7. The number of ether oxygens (including phenoxy) is 3. The van der Waals surface area contributed by atoms with E-state index < -0.39 is 33.1 Å². The SMILES string of the molecule is COc1ccc(C(=O)OC[C@H](COP(=O)([O-])OCC[N+](C)(C)C)OO)cc1OC. The van der Waals surface area contributed by atoms with E-state index in [-0.39, 0.29) is 12.2 Å². The molecule has 0 bridgehead atoms. The molecular weight excluding hydrogens is 409 g/mol. The number of carbonyl (C=O) groups excluding carboxylic acids is 1. The lowest BCUT2D eigenvalue weighted by atomic mass is 10.2. The number of carbonyl (C=O) groups is 1. The summed E-state index contributed by atoms with van der Waals surface area (Å²) in [6.45, 7) is -0.676. The molecule has 11 nitrogen and oxygen atoms in total. The van der Waals surface area contributed by atoms with E-state index >= 15 is 0 Å². The van der Waals surface area contributed by atoms with Crippen molar-refractivity contribution in [2.24, 2.45) is 0 Å². The molecule has 0 aliphatic heterocycles. The maximum Gasteiger partial charge on any atom is 0.338 e. The number of hydrogen-bond acceptors (Lipinski definition) is 10. The van der Waals surface area contributed by atoms with E-state index in [9.17, 15) is 14.3 Å². The van der Waals surface area contributed by atoms with Crippen LogP contribution in [0.4, 0.5) is 0 Å². The lowest BCUT2D eigenvalue weighted by Crippen LogP contribution is -2.37. The third kappa shape index (κ3) is 9.55. The zero-order chi connectivity index (χ0) is 22.1. The summed E-state index contributed by atoms with van der Waals surface area (Å²) in [5, 5.41) is 8.90. The summed E-state index contributed by atoms with van der Waals surface area (Å²) in [6, 6.07) is 4.40. The molecule has 0 aliphatic rings. The van der Waals surface area contributed by atoms with E-state index in [2.05, 4.69) is 9.41 Å². The van der Waals surface area contributed by atoms with Gasteiger partial charge in [-0.15, -0.1) is 0 Å². The molecule has 1 rings (SSSR count). The largest absolute Gasteiger partial charge is 0.756 e. The van der Waals surface area contributed by atoms with E-state index in [0.717, 1.165) is 0 Å². The molecule has 0 radical (unpaired) electrons. The van der Waals surface area contributed by atoms with Crippen molar-refractivity contribution >= 4 is 13.8 Å². The number of hydrogen-bond donors (Lipinski definition) is 1. The van der Waals surface area contributed by atoms with E-state index in [1.54, 1.807) is 0 Å². The Bertz CT molecular complexity index is 706. The summed E-state index contributed by atoms with van der Waals surface area (Å²) >= 11 is 0. The van der Waals surface area contributed by atoms with Gasteiger partial charge in [0.15, 0.2) is 17.6 Å². The van der Waals surface area contributed by atoms with Crippen molar-refractivity contribution in [1.82, 2.24) is 0 Å². The maximum atomic E-state index is 12.1. The van der Waals surface area contributed by atoms with Crippen molar-refractivity contribution in [3.8, 4) is 11.5 Å². The van der Waals surface area contributed by atoms with Crippen LogP contribution in [0.5, 0.6) is 11.5 Å². The summed E-state index contributed by atoms with van der Waals surface area (Å²) in [6.07, 6.45) is -1.23. The highest BCUT2D eigenvalue weighted by molar-refractivity contribution is 7.45. The molecule has 29 heavy (non-hydrogen) atoms. The Balaban J connectivity index is 2.53. The summed E-state index contributed by atoms with van der Waals surface area (Å²) in [7, 11) is 3.92. The van der Waals surface area contributed by atoms with Gasteiger partial charge in [-0.25, -0.2) is 9.68 Å². The van der Waals surface area contributed by atoms with Gasteiger partial charge < -0.3 is 32.6 Å². The number of esters is 1. The summed E-state index contributed by atoms with van der Waals surface area (Å²) in [4.78, 5) is 28.0. The number of nitrogens with zero attached hydrogens (tertiary/aromatic N) is 1. The molecule has 0 spiro atoms. The Morgan fingerprint density at radius 2 is 1.79 bits per heavy atom. The summed E-state index contributed by atoms with van der Waals surface area (Å²) < 4.78 is 36.8. The first-order valence-corrected chi connectivity index (χ1v) is 10.1. The van der Waals surface area contributed by atoms with Crippen molar-refractivity contribution in [3.63, 3.8) is 0 Å². The van der Waals surface area contributed by atoms with Crippen molar-refractivity contribution in [3.05, 3.63) is 23.8 Å². The second-order valence-electron chi connectivity index (χ2n) is 6.99. The summed E-state index contributed by atoms with van der Waals surface area (Å²) in [5.41, 5.74) is 0.165. The molecular formula is C17H28NO10P. The van der Waals surface area contributed by atoms with Gasteiger partial charge in [-0.2, -0.15) is 0 Å². The van der Waals surface area contributed by atoms with E-state index in [1.165, 1.54) is 32.4 Å². The van der Waals surface area contributed by atoms with Gasteiger partial charge >= 0.3 is 5.97 Å². The zero-order valence-corrected chi connectivity index (χ0v) is 18.0. The van der Waals surface area contributed by atoms with E-state index in [0.29, 0.717) is 22.5 Å². The molecule has 1 aromatic rings. The van der Waals surface area contributed by atoms with Gasteiger partial charge in [-0.3, -0.25) is 9.82 Å². The van der Waals surface area contributed by atoms with Gasteiger partial charge in [-0.05, 0) is 18.2 Å². The molecule has 2 atom stereocenters. The van der Waals surface area contributed by atoms with E-state index in [1.807, 2.05) is 21.1 Å². The highest BCUT2D eigenvalue weighted by Gasteiger charge is 2.20. The predicted octanol–water partition coefficient (Wildman–Crippen LogP) is 0.927. The van der Waals surface area contributed by atoms with Crippen LogP contribution >= 0.6 is 7.82 Å². The highest BCUT2D eigenvalue weighted by Crippen LogP contribution is 2.38.